The summed E-state index contributed by atoms with van der Waals surface area (Å²) in [5.41, 5.74) is 0.0846. The van der Waals surface area contributed by atoms with E-state index in [1.807, 2.05) is 0 Å². The molecule has 0 heterocycles. The van der Waals surface area contributed by atoms with E-state index in [0.29, 0.717) is 11.6 Å². The van der Waals surface area contributed by atoms with Gasteiger partial charge in [0.05, 0.1) is 0 Å². The van der Waals surface area contributed by atoms with Crippen molar-refractivity contribution in [2.75, 3.05) is 13.2 Å². The molecule has 1 aromatic carbocycles. The summed E-state index contributed by atoms with van der Waals surface area (Å²) < 4.78 is 5.51. The molecule has 0 fully saturated rings. The molecule has 19 heavy (non-hydrogen) atoms. The summed E-state index contributed by atoms with van der Waals surface area (Å²) in [6, 6.07) is 7.13. The Morgan fingerprint density at radius 1 is 1.26 bits per heavy atom. The minimum Gasteiger partial charge on any atom is -0.491 e. The summed E-state index contributed by atoms with van der Waals surface area (Å²) in [5.74, 6) is 0.720. The number of halogens is 1. The van der Waals surface area contributed by atoms with E-state index in [2.05, 4.69) is 26.1 Å². The van der Waals surface area contributed by atoms with E-state index in [1.54, 1.807) is 24.3 Å². The van der Waals surface area contributed by atoms with E-state index < -0.39 is 6.10 Å². The van der Waals surface area contributed by atoms with Crippen molar-refractivity contribution in [3.8, 4) is 5.75 Å². The van der Waals surface area contributed by atoms with E-state index in [9.17, 15) is 5.11 Å². The molecule has 3 nitrogen and oxygen atoms in total. The second-order valence-electron chi connectivity index (χ2n) is 5.07. The molecule has 0 spiro atoms. The van der Waals surface area contributed by atoms with Crippen LogP contribution in [0.2, 0.25) is 5.02 Å². The first-order chi connectivity index (χ1) is 8.99. The second kappa shape index (κ2) is 7.73. The largest absolute Gasteiger partial charge is 0.491 e. The zero-order valence-corrected chi connectivity index (χ0v) is 12.7. The molecule has 1 atom stereocenters. The fourth-order valence-corrected chi connectivity index (χ4v) is 1.77. The molecule has 0 radical (unpaired) electrons. The highest BCUT2D eigenvalue weighted by atomic mass is 35.5. The highest BCUT2D eigenvalue weighted by Gasteiger charge is 2.19. The quantitative estimate of drug-likeness (QED) is 0.770. The SMILES string of the molecule is CCC(C)(CC)NCC(O)COc1ccc(Cl)cc1. The lowest BCUT2D eigenvalue weighted by Crippen LogP contribution is -2.46. The summed E-state index contributed by atoms with van der Waals surface area (Å²) >= 11 is 5.79. The molecule has 1 rings (SSSR count). The van der Waals surface area contributed by atoms with Crippen LogP contribution in [0.25, 0.3) is 0 Å². The summed E-state index contributed by atoms with van der Waals surface area (Å²) in [5, 5.41) is 14.0. The van der Waals surface area contributed by atoms with Crippen molar-refractivity contribution in [2.45, 2.75) is 45.3 Å². The van der Waals surface area contributed by atoms with Crippen molar-refractivity contribution in [3.63, 3.8) is 0 Å². The van der Waals surface area contributed by atoms with Crippen LogP contribution in [-0.2, 0) is 0 Å². The van der Waals surface area contributed by atoms with Gasteiger partial charge in [-0.15, -0.1) is 0 Å². The predicted octanol–water partition coefficient (Wildman–Crippen LogP) is 3.25. The molecule has 4 heteroatoms. The average molecular weight is 286 g/mol. The highest BCUT2D eigenvalue weighted by molar-refractivity contribution is 6.30. The molecule has 0 saturated heterocycles. The number of benzene rings is 1. The molecule has 0 aliphatic heterocycles. The third-order valence-electron chi connectivity index (χ3n) is 3.58. The molecular formula is C15H24ClNO2. The maximum Gasteiger partial charge on any atom is 0.119 e. The third kappa shape index (κ3) is 5.81. The van der Waals surface area contributed by atoms with Crippen LogP contribution in [0.1, 0.15) is 33.6 Å². The Kier molecular flexibility index (Phi) is 6.63. The fraction of sp³-hybridized carbons (Fsp3) is 0.600. The fourth-order valence-electron chi connectivity index (χ4n) is 1.65. The zero-order chi connectivity index (χ0) is 14.3. The van der Waals surface area contributed by atoms with E-state index >= 15 is 0 Å². The molecule has 108 valence electrons. The van der Waals surface area contributed by atoms with Crippen molar-refractivity contribution < 1.29 is 9.84 Å². The van der Waals surface area contributed by atoms with Crippen LogP contribution in [0, 0.1) is 0 Å². The Morgan fingerprint density at radius 3 is 2.37 bits per heavy atom. The summed E-state index contributed by atoms with van der Waals surface area (Å²) in [6.07, 6.45) is 1.55. The van der Waals surface area contributed by atoms with Crippen LogP contribution < -0.4 is 10.1 Å². The lowest BCUT2D eigenvalue weighted by molar-refractivity contribution is 0.0966. The first kappa shape index (κ1) is 16.3. The average Bonchev–Trinajstić information content (AvgIpc) is 2.44. The lowest BCUT2D eigenvalue weighted by atomic mass is 9.95. The Labute approximate surface area is 120 Å². The molecule has 0 aliphatic rings. The summed E-state index contributed by atoms with van der Waals surface area (Å²) in [4.78, 5) is 0. The van der Waals surface area contributed by atoms with Crippen LogP contribution in [-0.4, -0.2) is 29.9 Å². The monoisotopic (exact) mass is 285 g/mol. The standard InChI is InChI=1S/C15H24ClNO2/c1-4-15(3,5-2)17-10-13(18)11-19-14-8-6-12(16)7-9-14/h6-9,13,17-18H,4-5,10-11H2,1-3H3. The predicted molar refractivity (Wildman–Crippen MR) is 79.9 cm³/mol. The van der Waals surface area contributed by atoms with Gasteiger partial charge in [-0.2, -0.15) is 0 Å². The number of hydrogen-bond donors (Lipinski definition) is 2. The summed E-state index contributed by atoms with van der Waals surface area (Å²) in [7, 11) is 0. The highest BCUT2D eigenvalue weighted by Crippen LogP contribution is 2.16. The maximum absolute atomic E-state index is 9.91. The van der Waals surface area contributed by atoms with Gasteiger partial charge in [0.1, 0.15) is 18.5 Å². The van der Waals surface area contributed by atoms with Gasteiger partial charge in [-0.05, 0) is 44.0 Å². The van der Waals surface area contributed by atoms with Crippen LogP contribution in [0.5, 0.6) is 5.75 Å². The Morgan fingerprint density at radius 2 is 1.84 bits per heavy atom. The van der Waals surface area contributed by atoms with Crippen LogP contribution in [0.4, 0.5) is 0 Å². The number of aliphatic hydroxyl groups is 1. The maximum atomic E-state index is 9.91. The van der Waals surface area contributed by atoms with Gasteiger partial charge in [0, 0.05) is 17.1 Å². The van der Waals surface area contributed by atoms with Crippen LogP contribution >= 0.6 is 11.6 Å². The molecule has 0 aromatic heterocycles. The smallest absolute Gasteiger partial charge is 0.119 e. The van der Waals surface area contributed by atoms with Gasteiger partial charge in [-0.25, -0.2) is 0 Å². The van der Waals surface area contributed by atoms with E-state index in [-0.39, 0.29) is 12.1 Å². The van der Waals surface area contributed by atoms with E-state index in [4.69, 9.17) is 16.3 Å². The van der Waals surface area contributed by atoms with Gasteiger partial charge in [-0.3, -0.25) is 0 Å². The Balaban J connectivity index is 2.31. The van der Waals surface area contributed by atoms with Crippen molar-refractivity contribution in [1.82, 2.24) is 5.32 Å². The number of ether oxygens (including phenoxy) is 1. The second-order valence-corrected chi connectivity index (χ2v) is 5.50. The molecule has 1 aromatic rings. The first-order valence-corrected chi connectivity index (χ1v) is 7.18. The molecular weight excluding hydrogens is 262 g/mol. The summed E-state index contributed by atoms with van der Waals surface area (Å²) in [6.45, 7) is 7.27. The Hall–Kier alpha value is -0.770. The van der Waals surface area contributed by atoms with Crippen LogP contribution in [0.3, 0.4) is 0 Å². The normalized spacial score (nSPS) is 13.3. The van der Waals surface area contributed by atoms with Crippen molar-refractivity contribution >= 4 is 11.6 Å². The number of rotatable bonds is 8. The number of nitrogens with one attached hydrogen (secondary N) is 1. The van der Waals surface area contributed by atoms with Gasteiger partial charge >= 0.3 is 0 Å². The van der Waals surface area contributed by atoms with Crippen molar-refractivity contribution in [3.05, 3.63) is 29.3 Å². The molecule has 2 N–H and O–H groups in total. The number of aliphatic hydroxyl groups excluding tert-OH is 1. The van der Waals surface area contributed by atoms with E-state index in [0.717, 1.165) is 18.6 Å². The van der Waals surface area contributed by atoms with Gasteiger partial charge in [0.15, 0.2) is 0 Å². The minimum absolute atomic E-state index is 0.0846. The Bertz CT molecular complexity index is 363. The lowest BCUT2D eigenvalue weighted by Gasteiger charge is -2.29. The number of hydrogen-bond acceptors (Lipinski definition) is 3. The van der Waals surface area contributed by atoms with Gasteiger partial charge in [0.2, 0.25) is 0 Å². The minimum atomic E-state index is -0.520. The van der Waals surface area contributed by atoms with Gasteiger partial charge in [0.25, 0.3) is 0 Å². The van der Waals surface area contributed by atoms with Gasteiger partial charge in [-0.1, -0.05) is 25.4 Å². The first-order valence-electron chi connectivity index (χ1n) is 6.80. The molecule has 0 bridgehead atoms. The molecule has 0 aliphatic carbocycles. The molecule has 0 saturated carbocycles. The van der Waals surface area contributed by atoms with Crippen molar-refractivity contribution in [1.29, 1.82) is 0 Å². The zero-order valence-electron chi connectivity index (χ0n) is 11.9. The van der Waals surface area contributed by atoms with Crippen molar-refractivity contribution in [2.24, 2.45) is 0 Å². The van der Waals surface area contributed by atoms with E-state index in [1.165, 1.54) is 0 Å². The molecule has 0 amide bonds. The van der Waals surface area contributed by atoms with Gasteiger partial charge < -0.3 is 15.2 Å². The molecule has 1 unspecified atom stereocenters. The van der Waals surface area contributed by atoms with Crippen LogP contribution in [0.15, 0.2) is 24.3 Å². The topological polar surface area (TPSA) is 41.5 Å². The number of β-amino-alcohol motifs (C(OH)–C–C–N with tert-alkyl or cyclic N) is 1. The third-order valence-corrected chi connectivity index (χ3v) is 3.83.